The number of ether oxygens (including phenoxy) is 1. The molecule has 1 aromatic rings. The zero-order valence-corrected chi connectivity index (χ0v) is 13.2. The molecule has 2 N–H and O–H groups in total. The molecule has 0 aromatic heterocycles. The number of halogens is 1. The summed E-state index contributed by atoms with van der Waals surface area (Å²) in [7, 11) is 0. The molecule has 4 nitrogen and oxygen atoms in total. The van der Waals surface area contributed by atoms with E-state index in [2.05, 4.69) is 0 Å². The van der Waals surface area contributed by atoms with Crippen LogP contribution in [-0.2, 0) is 4.79 Å². The van der Waals surface area contributed by atoms with Crippen molar-refractivity contribution in [3.8, 4) is 5.75 Å². The molecule has 0 fully saturated rings. The van der Waals surface area contributed by atoms with Gasteiger partial charge in [-0.15, -0.1) is 0 Å². The van der Waals surface area contributed by atoms with Gasteiger partial charge in [0.15, 0.2) is 6.61 Å². The largest absolute Gasteiger partial charge is 0.484 e. The third-order valence-corrected chi connectivity index (χ3v) is 3.54. The van der Waals surface area contributed by atoms with Gasteiger partial charge in [0.25, 0.3) is 5.91 Å². The molecule has 0 saturated heterocycles. The number of hydrogen-bond acceptors (Lipinski definition) is 3. The van der Waals surface area contributed by atoms with Gasteiger partial charge >= 0.3 is 0 Å². The molecule has 0 heterocycles. The van der Waals surface area contributed by atoms with E-state index in [4.69, 9.17) is 34.3 Å². The number of benzene rings is 1. The van der Waals surface area contributed by atoms with Gasteiger partial charge in [-0.1, -0.05) is 30.7 Å². The fourth-order valence-corrected chi connectivity index (χ4v) is 1.80. The lowest BCUT2D eigenvalue weighted by atomic mass is 10.1. The first-order chi connectivity index (χ1) is 9.43. The van der Waals surface area contributed by atoms with E-state index in [9.17, 15) is 4.79 Å². The van der Waals surface area contributed by atoms with Gasteiger partial charge in [-0.2, -0.15) is 0 Å². The van der Waals surface area contributed by atoms with Crippen molar-refractivity contribution in [2.24, 2.45) is 11.7 Å². The van der Waals surface area contributed by atoms with E-state index in [1.165, 1.54) is 0 Å². The summed E-state index contributed by atoms with van der Waals surface area (Å²) < 4.78 is 5.43. The molecule has 20 heavy (non-hydrogen) atoms. The van der Waals surface area contributed by atoms with Crippen molar-refractivity contribution in [1.82, 2.24) is 4.90 Å². The number of thiocarbonyl (C=S) groups is 1. The summed E-state index contributed by atoms with van der Waals surface area (Å²) in [5.41, 5.74) is 5.57. The predicted octanol–water partition coefficient (Wildman–Crippen LogP) is 2.49. The maximum absolute atomic E-state index is 12.1. The number of rotatable bonds is 7. The van der Waals surface area contributed by atoms with Crippen LogP contribution in [0, 0.1) is 5.92 Å². The smallest absolute Gasteiger partial charge is 0.260 e. The molecule has 0 saturated carbocycles. The van der Waals surface area contributed by atoms with Crippen molar-refractivity contribution in [3.63, 3.8) is 0 Å². The third kappa shape index (κ3) is 5.35. The van der Waals surface area contributed by atoms with Gasteiger partial charge in [-0.3, -0.25) is 4.79 Å². The molecule has 1 amide bonds. The SMILES string of the molecule is CCN(CC(C)C(N)=S)C(=O)COc1ccc(Cl)cc1. The number of carbonyl (C=O) groups is 1. The topological polar surface area (TPSA) is 55.6 Å². The third-order valence-electron chi connectivity index (χ3n) is 2.89. The Kier molecular flexibility index (Phi) is 6.75. The van der Waals surface area contributed by atoms with Crippen molar-refractivity contribution >= 4 is 34.7 Å². The van der Waals surface area contributed by atoms with E-state index in [-0.39, 0.29) is 18.4 Å². The molecular formula is C14H19ClN2O2S. The van der Waals surface area contributed by atoms with Gasteiger partial charge < -0.3 is 15.4 Å². The van der Waals surface area contributed by atoms with E-state index in [1.807, 2.05) is 13.8 Å². The summed E-state index contributed by atoms with van der Waals surface area (Å²) in [5, 5.41) is 0.629. The number of hydrogen-bond donors (Lipinski definition) is 1. The highest BCUT2D eigenvalue weighted by molar-refractivity contribution is 7.80. The molecule has 0 radical (unpaired) electrons. The second kappa shape index (κ2) is 8.07. The van der Waals surface area contributed by atoms with Crippen LogP contribution in [0.25, 0.3) is 0 Å². The minimum atomic E-state index is -0.0921. The minimum Gasteiger partial charge on any atom is -0.484 e. The molecule has 1 unspecified atom stereocenters. The number of amides is 1. The highest BCUT2D eigenvalue weighted by Gasteiger charge is 2.16. The Balaban J connectivity index is 2.51. The van der Waals surface area contributed by atoms with E-state index < -0.39 is 0 Å². The van der Waals surface area contributed by atoms with Gasteiger partial charge in [0, 0.05) is 24.0 Å². The van der Waals surface area contributed by atoms with Crippen molar-refractivity contribution in [2.75, 3.05) is 19.7 Å². The lowest BCUT2D eigenvalue weighted by Gasteiger charge is -2.24. The lowest BCUT2D eigenvalue weighted by Crippen LogP contribution is -2.40. The molecule has 1 atom stereocenters. The van der Waals surface area contributed by atoms with E-state index >= 15 is 0 Å². The van der Waals surface area contributed by atoms with Gasteiger partial charge in [0.05, 0.1) is 4.99 Å². The van der Waals surface area contributed by atoms with Crippen LogP contribution in [0.1, 0.15) is 13.8 Å². The summed E-state index contributed by atoms with van der Waals surface area (Å²) in [6.07, 6.45) is 0. The van der Waals surface area contributed by atoms with Crippen molar-refractivity contribution < 1.29 is 9.53 Å². The normalized spacial score (nSPS) is 11.8. The van der Waals surface area contributed by atoms with Crippen LogP contribution in [0.5, 0.6) is 5.75 Å². The van der Waals surface area contributed by atoms with Crippen LogP contribution in [0.4, 0.5) is 0 Å². The molecular weight excluding hydrogens is 296 g/mol. The van der Waals surface area contributed by atoms with Gasteiger partial charge in [-0.25, -0.2) is 0 Å². The molecule has 1 aromatic carbocycles. The highest BCUT2D eigenvalue weighted by Crippen LogP contribution is 2.15. The summed E-state index contributed by atoms with van der Waals surface area (Å²) in [4.78, 5) is 14.2. The van der Waals surface area contributed by atoms with Crippen LogP contribution in [-0.4, -0.2) is 35.5 Å². The average molecular weight is 315 g/mol. The maximum atomic E-state index is 12.1. The Bertz CT molecular complexity index is 465. The maximum Gasteiger partial charge on any atom is 0.260 e. The molecule has 0 spiro atoms. The summed E-state index contributed by atoms with van der Waals surface area (Å²) in [5.74, 6) is 0.510. The average Bonchev–Trinajstić information content (AvgIpc) is 2.43. The fraction of sp³-hybridized carbons (Fsp3) is 0.429. The number of likely N-dealkylation sites (N-methyl/N-ethyl adjacent to an activating group) is 1. The van der Waals surface area contributed by atoms with Crippen molar-refractivity contribution in [3.05, 3.63) is 29.3 Å². The molecule has 0 aliphatic rings. The van der Waals surface area contributed by atoms with Crippen LogP contribution >= 0.6 is 23.8 Å². The monoisotopic (exact) mass is 314 g/mol. The Hall–Kier alpha value is -1.33. The Morgan fingerprint density at radius 1 is 1.45 bits per heavy atom. The number of nitrogens with zero attached hydrogens (tertiary/aromatic N) is 1. The lowest BCUT2D eigenvalue weighted by molar-refractivity contribution is -0.133. The fourth-order valence-electron chi connectivity index (χ4n) is 1.60. The first-order valence-electron chi connectivity index (χ1n) is 6.39. The Morgan fingerprint density at radius 3 is 2.55 bits per heavy atom. The van der Waals surface area contributed by atoms with E-state index in [1.54, 1.807) is 29.2 Å². The molecule has 1 rings (SSSR count). The zero-order valence-electron chi connectivity index (χ0n) is 11.6. The molecule has 110 valence electrons. The second-order valence-corrected chi connectivity index (χ2v) is 5.39. The first kappa shape index (κ1) is 16.7. The van der Waals surface area contributed by atoms with Crippen molar-refractivity contribution in [1.29, 1.82) is 0 Å². The number of nitrogens with two attached hydrogens (primary N) is 1. The summed E-state index contributed by atoms with van der Waals surface area (Å²) in [6.45, 7) is 4.90. The first-order valence-corrected chi connectivity index (χ1v) is 7.18. The Morgan fingerprint density at radius 2 is 2.05 bits per heavy atom. The standard InChI is InChI=1S/C14H19ClN2O2S/c1-3-17(8-10(2)14(16)20)13(18)9-19-12-6-4-11(15)5-7-12/h4-7,10H,3,8-9H2,1-2H3,(H2,16,20). The van der Waals surface area contributed by atoms with Crippen LogP contribution < -0.4 is 10.5 Å². The molecule has 6 heteroatoms. The van der Waals surface area contributed by atoms with Gasteiger partial charge in [-0.05, 0) is 31.2 Å². The number of carbonyl (C=O) groups excluding carboxylic acids is 1. The van der Waals surface area contributed by atoms with Crippen LogP contribution in [0.2, 0.25) is 5.02 Å². The Labute approximate surface area is 129 Å². The van der Waals surface area contributed by atoms with E-state index in [0.717, 1.165) is 0 Å². The van der Waals surface area contributed by atoms with Crippen LogP contribution in [0.3, 0.4) is 0 Å². The second-order valence-electron chi connectivity index (χ2n) is 4.48. The minimum absolute atomic E-state index is 0.00979. The summed E-state index contributed by atoms with van der Waals surface area (Å²) in [6, 6.07) is 6.88. The predicted molar refractivity (Wildman–Crippen MR) is 85.2 cm³/mol. The van der Waals surface area contributed by atoms with Gasteiger partial charge in [0.2, 0.25) is 0 Å². The molecule has 0 bridgehead atoms. The zero-order chi connectivity index (χ0) is 15.1. The molecule has 0 aliphatic carbocycles. The van der Waals surface area contributed by atoms with Crippen molar-refractivity contribution in [2.45, 2.75) is 13.8 Å². The summed E-state index contributed by atoms with van der Waals surface area (Å²) >= 11 is 10.7. The quantitative estimate of drug-likeness (QED) is 0.786. The van der Waals surface area contributed by atoms with E-state index in [0.29, 0.717) is 28.9 Å². The van der Waals surface area contributed by atoms with Gasteiger partial charge in [0.1, 0.15) is 5.75 Å². The molecule has 0 aliphatic heterocycles. The highest BCUT2D eigenvalue weighted by atomic mass is 35.5. The van der Waals surface area contributed by atoms with Crippen LogP contribution in [0.15, 0.2) is 24.3 Å².